The van der Waals surface area contributed by atoms with Crippen molar-refractivity contribution >= 4 is 23.5 Å². The van der Waals surface area contributed by atoms with Crippen molar-refractivity contribution in [2.75, 3.05) is 18.0 Å². The molecule has 2 aromatic rings. The van der Waals surface area contributed by atoms with Gasteiger partial charge in [0.05, 0.1) is 5.54 Å². The highest BCUT2D eigenvalue weighted by molar-refractivity contribution is 6.08. The van der Waals surface area contributed by atoms with E-state index in [0.717, 1.165) is 36.1 Å². The minimum absolute atomic E-state index is 0.246. The van der Waals surface area contributed by atoms with Gasteiger partial charge in [0.15, 0.2) is 0 Å². The fraction of sp³-hybridized carbons (Fsp3) is 0.360. The summed E-state index contributed by atoms with van der Waals surface area (Å²) in [4.78, 5) is 30.2. The quantitative estimate of drug-likeness (QED) is 0.480. The van der Waals surface area contributed by atoms with E-state index in [1.54, 1.807) is 29.6 Å². The number of fused-ring (bicyclic) bond motifs is 1. The molecule has 1 unspecified atom stereocenters. The lowest BCUT2D eigenvalue weighted by atomic mass is 9.87. The number of likely N-dealkylation sites (tertiary alicyclic amines) is 1. The molecular weight excluding hydrogens is 428 g/mol. The van der Waals surface area contributed by atoms with Crippen LogP contribution in [0.5, 0.6) is 0 Å². The van der Waals surface area contributed by atoms with Crippen molar-refractivity contribution in [2.24, 2.45) is 0 Å². The second kappa shape index (κ2) is 8.81. The molecule has 0 bridgehead atoms. The molecule has 34 heavy (non-hydrogen) atoms. The highest BCUT2D eigenvalue weighted by Crippen LogP contribution is 2.27. The zero-order valence-corrected chi connectivity index (χ0v) is 19.2. The van der Waals surface area contributed by atoms with Gasteiger partial charge in [0.1, 0.15) is 17.4 Å². The summed E-state index contributed by atoms with van der Waals surface area (Å²) in [7, 11) is 0. The summed E-state index contributed by atoms with van der Waals surface area (Å²) in [6.07, 6.45) is 13.9. The Morgan fingerprint density at radius 3 is 2.74 bits per heavy atom. The maximum absolute atomic E-state index is 13.2. The number of amides is 1. The summed E-state index contributed by atoms with van der Waals surface area (Å²) in [5.41, 5.74) is 2.74. The van der Waals surface area contributed by atoms with Crippen molar-refractivity contribution in [3.05, 3.63) is 71.3 Å². The van der Waals surface area contributed by atoms with Gasteiger partial charge in [-0.3, -0.25) is 20.6 Å². The van der Waals surface area contributed by atoms with Crippen LogP contribution in [-0.4, -0.2) is 56.1 Å². The standard InChI is InChI=1S/C25H28N8O/c1-25(8-2-5-17(14-25)22(27)33-11-3-6-21(33)26)31-23(34)20-13-19-16-32(12-7-18(19)15-30-20)24-28-9-4-10-29-24/h2,4-5,8-10,13,15,26-27H,3,6-7,11-12,14,16H2,1H3,(H,31,34). The van der Waals surface area contributed by atoms with Gasteiger partial charge in [0.25, 0.3) is 5.91 Å². The molecule has 0 spiro atoms. The van der Waals surface area contributed by atoms with Crippen LogP contribution in [-0.2, 0) is 13.0 Å². The highest BCUT2D eigenvalue weighted by atomic mass is 16.2. The van der Waals surface area contributed by atoms with E-state index >= 15 is 0 Å². The van der Waals surface area contributed by atoms with Crippen molar-refractivity contribution < 1.29 is 4.79 Å². The molecule has 5 rings (SSSR count). The number of rotatable bonds is 4. The lowest BCUT2D eigenvalue weighted by Crippen LogP contribution is -2.47. The van der Waals surface area contributed by atoms with E-state index in [1.807, 2.05) is 31.2 Å². The Bertz CT molecular complexity index is 1200. The van der Waals surface area contributed by atoms with Gasteiger partial charge < -0.3 is 15.1 Å². The lowest BCUT2D eigenvalue weighted by Gasteiger charge is -2.33. The number of aromatic nitrogens is 3. The van der Waals surface area contributed by atoms with E-state index < -0.39 is 5.54 Å². The fourth-order valence-corrected chi connectivity index (χ4v) is 4.74. The molecule has 1 atom stereocenters. The summed E-state index contributed by atoms with van der Waals surface area (Å²) in [5.74, 6) is 1.27. The third-order valence-electron chi connectivity index (χ3n) is 6.58. The van der Waals surface area contributed by atoms with Gasteiger partial charge in [-0.2, -0.15) is 0 Å². The van der Waals surface area contributed by atoms with Gasteiger partial charge in [-0.25, -0.2) is 9.97 Å². The summed E-state index contributed by atoms with van der Waals surface area (Å²) in [6.45, 7) is 4.09. The SMILES string of the molecule is CC1(NC(=O)c2cc3c(cn2)CCN(c2ncccn2)C3)C=CC=C(C(=N)N2CCCC2=N)C1. The monoisotopic (exact) mass is 456 g/mol. The maximum atomic E-state index is 13.2. The van der Waals surface area contributed by atoms with Gasteiger partial charge in [0.2, 0.25) is 5.95 Å². The number of allylic oxidation sites excluding steroid dienone is 2. The molecule has 4 heterocycles. The van der Waals surface area contributed by atoms with Crippen LogP contribution < -0.4 is 10.2 Å². The number of amidine groups is 2. The van der Waals surface area contributed by atoms with E-state index in [-0.39, 0.29) is 5.91 Å². The molecular formula is C25H28N8O. The normalized spacial score (nSPS) is 21.8. The minimum Gasteiger partial charge on any atom is -0.342 e. The molecule has 2 aliphatic heterocycles. The molecule has 3 aliphatic rings. The number of carbonyl (C=O) groups is 1. The van der Waals surface area contributed by atoms with Crippen LogP contribution in [0.25, 0.3) is 0 Å². The van der Waals surface area contributed by atoms with Crippen LogP contribution >= 0.6 is 0 Å². The predicted octanol–water partition coefficient (Wildman–Crippen LogP) is 2.86. The molecule has 1 amide bonds. The fourth-order valence-electron chi connectivity index (χ4n) is 4.74. The summed E-state index contributed by atoms with van der Waals surface area (Å²) in [5, 5.41) is 19.8. The average Bonchev–Trinajstić information content (AvgIpc) is 3.29. The zero-order chi connectivity index (χ0) is 23.7. The van der Waals surface area contributed by atoms with E-state index in [4.69, 9.17) is 10.8 Å². The smallest absolute Gasteiger partial charge is 0.270 e. The first-order valence-electron chi connectivity index (χ1n) is 11.6. The van der Waals surface area contributed by atoms with Gasteiger partial charge in [0, 0.05) is 51.1 Å². The summed E-state index contributed by atoms with van der Waals surface area (Å²) >= 11 is 0. The Labute approximate surface area is 198 Å². The van der Waals surface area contributed by atoms with Crippen molar-refractivity contribution in [2.45, 2.75) is 44.7 Å². The molecule has 9 heteroatoms. The number of hydrogen-bond acceptors (Lipinski definition) is 7. The molecule has 1 saturated heterocycles. The van der Waals surface area contributed by atoms with Crippen LogP contribution in [0.4, 0.5) is 5.95 Å². The Morgan fingerprint density at radius 1 is 1.15 bits per heavy atom. The number of carbonyl (C=O) groups excluding carboxylic acids is 1. The van der Waals surface area contributed by atoms with E-state index in [1.165, 1.54) is 0 Å². The second-order valence-electron chi connectivity index (χ2n) is 9.21. The minimum atomic E-state index is -0.642. The molecule has 0 aromatic carbocycles. The maximum Gasteiger partial charge on any atom is 0.270 e. The Kier molecular flexibility index (Phi) is 5.69. The lowest BCUT2D eigenvalue weighted by molar-refractivity contribution is 0.0917. The first-order chi connectivity index (χ1) is 16.4. The van der Waals surface area contributed by atoms with Crippen LogP contribution in [0.1, 0.15) is 47.8 Å². The van der Waals surface area contributed by atoms with Crippen LogP contribution in [0, 0.1) is 10.8 Å². The topological polar surface area (TPSA) is 122 Å². The van der Waals surface area contributed by atoms with Gasteiger partial charge >= 0.3 is 0 Å². The van der Waals surface area contributed by atoms with Crippen molar-refractivity contribution in [3.8, 4) is 0 Å². The molecule has 2 aromatic heterocycles. The Morgan fingerprint density at radius 2 is 1.97 bits per heavy atom. The Hall–Kier alpha value is -3.88. The number of pyridine rings is 1. The molecule has 9 nitrogen and oxygen atoms in total. The Balaban J connectivity index is 1.28. The number of nitrogens with one attached hydrogen (secondary N) is 3. The van der Waals surface area contributed by atoms with Crippen molar-refractivity contribution in [1.82, 2.24) is 25.2 Å². The van der Waals surface area contributed by atoms with Crippen LogP contribution in [0.3, 0.4) is 0 Å². The third-order valence-corrected chi connectivity index (χ3v) is 6.58. The van der Waals surface area contributed by atoms with E-state index in [0.29, 0.717) is 49.2 Å². The first-order valence-corrected chi connectivity index (χ1v) is 11.6. The highest BCUT2D eigenvalue weighted by Gasteiger charge is 2.32. The van der Waals surface area contributed by atoms with E-state index in [9.17, 15) is 4.79 Å². The van der Waals surface area contributed by atoms with Crippen LogP contribution in [0.2, 0.25) is 0 Å². The largest absolute Gasteiger partial charge is 0.342 e. The van der Waals surface area contributed by atoms with Gasteiger partial charge in [-0.05, 0) is 48.6 Å². The third kappa shape index (κ3) is 4.33. The predicted molar refractivity (Wildman–Crippen MR) is 130 cm³/mol. The molecule has 0 saturated carbocycles. The molecule has 1 aliphatic carbocycles. The van der Waals surface area contributed by atoms with Gasteiger partial charge in [-0.1, -0.05) is 18.2 Å². The first kappa shape index (κ1) is 21.9. The zero-order valence-electron chi connectivity index (χ0n) is 19.2. The molecule has 1 fully saturated rings. The molecule has 174 valence electrons. The molecule has 0 radical (unpaired) electrons. The number of nitrogens with zero attached hydrogens (tertiary/aromatic N) is 5. The van der Waals surface area contributed by atoms with Crippen LogP contribution in [0.15, 0.2) is 54.5 Å². The summed E-state index contributed by atoms with van der Waals surface area (Å²) in [6, 6.07) is 3.66. The van der Waals surface area contributed by atoms with Gasteiger partial charge in [-0.15, -0.1) is 0 Å². The average molecular weight is 457 g/mol. The van der Waals surface area contributed by atoms with E-state index in [2.05, 4.69) is 25.2 Å². The number of hydrogen-bond donors (Lipinski definition) is 3. The molecule has 3 N–H and O–H groups in total. The second-order valence-corrected chi connectivity index (χ2v) is 9.21. The van der Waals surface area contributed by atoms with Crippen molar-refractivity contribution in [3.63, 3.8) is 0 Å². The van der Waals surface area contributed by atoms with Crippen molar-refractivity contribution in [1.29, 1.82) is 10.8 Å². The number of anilines is 1. The summed E-state index contributed by atoms with van der Waals surface area (Å²) < 4.78 is 0.